The van der Waals surface area contributed by atoms with Crippen LogP contribution < -0.4 is 4.74 Å². The first-order valence-electron chi connectivity index (χ1n) is 4.65. The summed E-state index contributed by atoms with van der Waals surface area (Å²) in [5.41, 5.74) is 2.75. The third kappa shape index (κ3) is 1.35. The number of benzene rings is 1. The van der Waals surface area contributed by atoms with Crippen molar-refractivity contribution in [3.05, 3.63) is 41.5 Å². The largest absolute Gasteiger partial charge is 0.496 e. The van der Waals surface area contributed by atoms with E-state index in [1.165, 1.54) is 11.1 Å². The van der Waals surface area contributed by atoms with Crippen molar-refractivity contribution in [2.75, 3.05) is 7.11 Å². The van der Waals surface area contributed by atoms with Crippen LogP contribution in [0.3, 0.4) is 0 Å². The number of ether oxygens (including phenoxy) is 1. The molecule has 0 saturated carbocycles. The quantitative estimate of drug-likeness (QED) is 0.595. The van der Waals surface area contributed by atoms with E-state index in [4.69, 9.17) is 4.74 Å². The molecule has 2 rings (SSSR count). The van der Waals surface area contributed by atoms with Gasteiger partial charge < -0.3 is 4.74 Å². The molecule has 0 aromatic heterocycles. The van der Waals surface area contributed by atoms with Gasteiger partial charge in [-0.1, -0.05) is 31.2 Å². The lowest BCUT2D eigenvalue weighted by Gasteiger charge is -2.19. The van der Waals surface area contributed by atoms with Crippen molar-refractivity contribution in [3.8, 4) is 5.75 Å². The van der Waals surface area contributed by atoms with E-state index in [1.807, 2.05) is 6.07 Å². The molecule has 0 heterocycles. The van der Waals surface area contributed by atoms with Crippen LogP contribution in [0.15, 0.2) is 30.4 Å². The fraction of sp³-hybridized carbons (Fsp3) is 0.333. The van der Waals surface area contributed by atoms with Crippen LogP contribution in [0.2, 0.25) is 0 Å². The Labute approximate surface area is 79.0 Å². The number of hydrogen-bond acceptors (Lipinski definition) is 1. The first-order valence-corrected chi connectivity index (χ1v) is 4.65. The maximum atomic E-state index is 5.33. The summed E-state index contributed by atoms with van der Waals surface area (Å²) in [6.07, 6.45) is 5.47. The van der Waals surface area contributed by atoms with Gasteiger partial charge in [-0.2, -0.15) is 0 Å². The first kappa shape index (κ1) is 8.36. The molecular formula is C12H14O. The Bertz CT molecular complexity index is 339. The minimum atomic E-state index is 0.527. The van der Waals surface area contributed by atoms with E-state index < -0.39 is 0 Å². The molecule has 0 amide bonds. The van der Waals surface area contributed by atoms with Gasteiger partial charge in [-0.15, -0.1) is 0 Å². The molecule has 1 aliphatic rings. The zero-order valence-corrected chi connectivity index (χ0v) is 8.08. The molecule has 0 spiro atoms. The molecule has 0 unspecified atom stereocenters. The summed E-state index contributed by atoms with van der Waals surface area (Å²) >= 11 is 0. The second-order valence-electron chi connectivity index (χ2n) is 3.45. The highest BCUT2D eigenvalue weighted by atomic mass is 16.5. The van der Waals surface area contributed by atoms with E-state index in [0.29, 0.717) is 5.92 Å². The third-order valence-corrected chi connectivity index (χ3v) is 2.63. The van der Waals surface area contributed by atoms with Gasteiger partial charge in [0.25, 0.3) is 0 Å². The van der Waals surface area contributed by atoms with E-state index in [1.54, 1.807) is 7.11 Å². The number of methoxy groups -OCH3 is 1. The Hall–Kier alpha value is -1.24. The zero-order chi connectivity index (χ0) is 9.26. The monoisotopic (exact) mass is 174 g/mol. The zero-order valence-electron chi connectivity index (χ0n) is 8.08. The predicted molar refractivity (Wildman–Crippen MR) is 54.3 cm³/mol. The average Bonchev–Trinajstić information content (AvgIpc) is 2.18. The minimum Gasteiger partial charge on any atom is -0.496 e. The van der Waals surface area contributed by atoms with Gasteiger partial charge in [0.2, 0.25) is 0 Å². The Morgan fingerprint density at radius 2 is 2.23 bits per heavy atom. The van der Waals surface area contributed by atoms with E-state index in [-0.39, 0.29) is 0 Å². The smallest absolute Gasteiger partial charge is 0.122 e. The Kier molecular flexibility index (Phi) is 2.09. The second-order valence-corrected chi connectivity index (χ2v) is 3.45. The number of hydrogen-bond donors (Lipinski definition) is 0. The molecule has 0 radical (unpaired) electrons. The fourth-order valence-corrected chi connectivity index (χ4v) is 1.91. The van der Waals surface area contributed by atoms with E-state index >= 15 is 0 Å². The number of fused-ring (bicyclic) bond motifs is 1. The van der Waals surface area contributed by atoms with Gasteiger partial charge in [0.05, 0.1) is 7.11 Å². The van der Waals surface area contributed by atoms with Gasteiger partial charge in [-0.05, 0) is 24.0 Å². The molecule has 1 aliphatic carbocycles. The van der Waals surface area contributed by atoms with Crippen molar-refractivity contribution in [3.63, 3.8) is 0 Å². The van der Waals surface area contributed by atoms with Crippen LogP contribution in [-0.4, -0.2) is 7.11 Å². The lowest BCUT2D eigenvalue weighted by Crippen LogP contribution is -2.03. The molecular weight excluding hydrogens is 160 g/mol. The second kappa shape index (κ2) is 3.25. The lowest BCUT2D eigenvalue weighted by molar-refractivity contribution is 0.409. The van der Waals surface area contributed by atoms with Gasteiger partial charge in [0, 0.05) is 5.56 Å². The Morgan fingerprint density at radius 3 is 3.00 bits per heavy atom. The van der Waals surface area contributed by atoms with E-state index in [9.17, 15) is 0 Å². The van der Waals surface area contributed by atoms with Gasteiger partial charge in [0.1, 0.15) is 5.75 Å². The predicted octanol–water partition coefficient (Wildman–Crippen LogP) is 2.91. The third-order valence-electron chi connectivity index (χ3n) is 2.63. The van der Waals surface area contributed by atoms with Crippen molar-refractivity contribution >= 4 is 0 Å². The van der Waals surface area contributed by atoms with Crippen molar-refractivity contribution in [2.24, 2.45) is 0 Å². The first-order chi connectivity index (χ1) is 6.33. The van der Waals surface area contributed by atoms with Gasteiger partial charge >= 0.3 is 0 Å². The number of rotatable bonds is 1. The maximum absolute atomic E-state index is 5.33. The van der Waals surface area contributed by atoms with Crippen LogP contribution in [0.1, 0.15) is 24.0 Å². The summed E-state index contributed by atoms with van der Waals surface area (Å²) in [6, 6.07) is 6.28. The molecule has 1 aromatic carbocycles. The molecule has 0 N–H and O–H groups in total. The maximum Gasteiger partial charge on any atom is 0.122 e. The molecule has 1 aromatic rings. The SMILES string of the molecule is COc1cccc2c1CC=C[C@@H]2C. The van der Waals surface area contributed by atoms with Crippen molar-refractivity contribution < 1.29 is 4.74 Å². The average molecular weight is 174 g/mol. The van der Waals surface area contributed by atoms with Crippen LogP contribution in [0.4, 0.5) is 0 Å². The highest BCUT2D eigenvalue weighted by Crippen LogP contribution is 2.32. The molecule has 1 heteroatoms. The minimum absolute atomic E-state index is 0.527. The molecule has 68 valence electrons. The number of allylic oxidation sites excluding steroid dienone is 2. The van der Waals surface area contributed by atoms with Gasteiger partial charge in [0.15, 0.2) is 0 Å². The molecule has 0 bridgehead atoms. The summed E-state index contributed by atoms with van der Waals surface area (Å²) in [7, 11) is 1.73. The van der Waals surface area contributed by atoms with E-state index in [0.717, 1.165) is 12.2 Å². The van der Waals surface area contributed by atoms with Crippen LogP contribution in [0.5, 0.6) is 5.75 Å². The molecule has 0 saturated heterocycles. The normalized spacial score (nSPS) is 19.7. The summed E-state index contributed by atoms with van der Waals surface area (Å²) < 4.78 is 5.33. The molecule has 0 fully saturated rings. The lowest BCUT2D eigenvalue weighted by atomic mass is 9.88. The highest BCUT2D eigenvalue weighted by molar-refractivity contribution is 5.46. The summed E-state index contributed by atoms with van der Waals surface area (Å²) in [5, 5.41) is 0. The van der Waals surface area contributed by atoms with Crippen LogP contribution in [0, 0.1) is 0 Å². The molecule has 1 atom stereocenters. The Balaban J connectivity index is 2.52. The van der Waals surface area contributed by atoms with Gasteiger partial charge in [-0.3, -0.25) is 0 Å². The standard InChI is InChI=1S/C12H14O/c1-9-5-3-7-11-10(9)6-4-8-12(11)13-2/h3-6,8-9H,7H2,1-2H3/t9-/m0/s1. The summed E-state index contributed by atoms with van der Waals surface area (Å²) in [4.78, 5) is 0. The molecule has 0 aliphatic heterocycles. The van der Waals surface area contributed by atoms with Crippen molar-refractivity contribution in [1.29, 1.82) is 0 Å². The summed E-state index contributed by atoms with van der Waals surface area (Å²) in [6.45, 7) is 2.22. The van der Waals surface area contributed by atoms with Crippen LogP contribution >= 0.6 is 0 Å². The van der Waals surface area contributed by atoms with Crippen LogP contribution in [0.25, 0.3) is 0 Å². The van der Waals surface area contributed by atoms with Crippen molar-refractivity contribution in [1.82, 2.24) is 0 Å². The summed E-state index contributed by atoms with van der Waals surface area (Å²) in [5.74, 6) is 1.55. The molecule has 13 heavy (non-hydrogen) atoms. The molecule has 1 nitrogen and oxygen atoms in total. The fourth-order valence-electron chi connectivity index (χ4n) is 1.91. The van der Waals surface area contributed by atoms with E-state index in [2.05, 4.69) is 31.2 Å². The Morgan fingerprint density at radius 1 is 1.38 bits per heavy atom. The van der Waals surface area contributed by atoms with Crippen molar-refractivity contribution in [2.45, 2.75) is 19.3 Å². The van der Waals surface area contributed by atoms with Gasteiger partial charge in [-0.25, -0.2) is 0 Å². The van der Waals surface area contributed by atoms with Crippen LogP contribution in [-0.2, 0) is 6.42 Å². The topological polar surface area (TPSA) is 9.23 Å². The highest BCUT2D eigenvalue weighted by Gasteiger charge is 2.14.